The number of carbonyl (C=O) groups is 1. The number of benzene rings is 1. The first-order valence-electron chi connectivity index (χ1n) is 12.5. The molecule has 1 amide bonds. The Balaban J connectivity index is 1.16. The molecule has 3 aromatic rings. The lowest BCUT2D eigenvalue weighted by atomic mass is 9.95. The van der Waals surface area contributed by atoms with Crippen LogP contribution in [0.1, 0.15) is 25.3 Å². The Labute approximate surface area is 206 Å². The van der Waals surface area contributed by atoms with Gasteiger partial charge in [-0.1, -0.05) is 25.1 Å². The van der Waals surface area contributed by atoms with Gasteiger partial charge in [0.1, 0.15) is 11.6 Å². The number of hydrogen-bond donors (Lipinski definition) is 0. The van der Waals surface area contributed by atoms with Gasteiger partial charge in [0.25, 0.3) is 5.88 Å². The lowest BCUT2D eigenvalue weighted by Gasteiger charge is -2.39. The molecule has 0 radical (unpaired) electrons. The molecule has 0 unspecified atom stereocenters. The van der Waals surface area contributed by atoms with E-state index < -0.39 is 0 Å². The lowest BCUT2D eigenvalue weighted by Crippen LogP contribution is -2.52. The first kappa shape index (κ1) is 23.1. The lowest BCUT2D eigenvalue weighted by molar-refractivity contribution is -0.136. The Morgan fingerprint density at radius 2 is 1.60 bits per heavy atom. The maximum absolute atomic E-state index is 13.2. The molecule has 0 N–H and O–H groups in total. The maximum atomic E-state index is 13.2. The zero-order valence-electron chi connectivity index (χ0n) is 20.2. The van der Waals surface area contributed by atoms with Crippen LogP contribution in [0.3, 0.4) is 0 Å². The van der Waals surface area contributed by atoms with Gasteiger partial charge in [0, 0.05) is 63.8 Å². The molecule has 0 atom stereocenters. The smallest absolute Gasteiger partial charge is 0.263 e. The molecule has 2 aliphatic heterocycles. The summed E-state index contributed by atoms with van der Waals surface area (Å²) in [6.07, 6.45) is 7.77. The van der Waals surface area contributed by atoms with Gasteiger partial charge in [0.15, 0.2) is 5.82 Å². The Morgan fingerprint density at radius 3 is 2.29 bits per heavy atom. The topological polar surface area (TPSA) is 74.7 Å². The first-order valence-corrected chi connectivity index (χ1v) is 12.5. The summed E-state index contributed by atoms with van der Waals surface area (Å²) >= 11 is 0. The van der Waals surface area contributed by atoms with Gasteiger partial charge in [-0.15, -0.1) is 0 Å². The maximum Gasteiger partial charge on any atom is 0.263 e. The van der Waals surface area contributed by atoms with Gasteiger partial charge in [-0.25, -0.2) is 15.0 Å². The van der Waals surface area contributed by atoms with Crippen molar-refractivity contribution in [3.63, 3.8) is 0 Å². The Morgan fingerprint density at radius 1 is 0.857 bits per heavy atom. The SMILES string of the molecule is CCc1ccc(Oc2nccnc2N2CCC(C(=O)N3CCN(c4ccccn4)CC3)CC2)cc1. The average molecular weight is 473 g/mol. The van der Waals surface area contributed by atoms with Crippen LogP contribution < -0.4 is 14.5 Å². The van der Waals surface area contributed by atoms with Crippen molar-refractivity contribution in [1.82, 2.24) is 19.9 Å². The number of rotatable bonds is 6. The van der Waals surface area contributed by atoms with Crippen LogP contribution in [0.4, 0.5) is 11.6 Å². The molecule has 2 aliphatic rings. The normalized spacial score (nSPS) is 16.9. The quantitative estimate of drug-likeness (QED) is 0.540. The van der Waals surface area contributed by atoms with E-state index in [-0.39, 0.29) is 11.8 Å². The highest BCUT2D eigenvalue weighted by Crippen LogP contribution is 2.31. The summed E-state index contributed by atoms with van der Waals surface area (Å²) in [5, 5.41) is 0. The van der Waals surface area contributed by atoms with Crippen molar-refractivity contribution >= 4 is 17.5 Å². The summed E-state index contributed by atoms with van der Waals surface area (Å²) in [6.45, 7) is 6.78. The van der Waals surface area contributed by atoms with Gasteiger partial charge in [-0.05, 0) is 49.1 Å². The third kappa shape index (κ3) is 5.37. The van der Waals surface area contributed by atoms with Crippen molar-refractivity contribution in [2.24, 2.45) is 5.92 Å². The Bertz CT molecular complexity index is 1110. The third-order valence-electron chi connectivity index (χ3n) is 6.90. The monoisotopic (exact) mass is 472 g/mol. The molecule has 0 bridgehead atoms. The molecule has 8 nitrogen and oxygen atoms in total. The van der Waals surface area contributed by atoms with Crippen molar-refractivity contribution in [1.29, 1.82) is 0 Å². The standard InChI is InChI=1S/C27H32N6O2/c1-2-21-6-8-23(9-7-21)35-26-25(29-13-14-30-26)32-15-10-22(11-16-32)27(34)33-19-17-31(18-20-33)24-5-3-4-12-28-24/h3-9,12-14,22H,2,10-11,15-20H2,1H3. The fourth-order valence-electron chi connectivity index (χ4n) is 4.80. The molecule has 182 valence electrons. The van der Waals surface area contributed by atoms with Crippen LogP contribution in [-0.2, 0) is 11.2 Å². The summed E-state index contributed by atoms with van der Waals surface area (Å²) < 4.78 is 6.08. The van der Waals surface area contributed by atoms with Gasteiger partial charge in [-0.2, -0.15) is 0 Å². The molecule has 4 heterocycles. The minimum Gasteiger partial charge on any atom is -0.436 e. The number of aromatic nitrogens is 3. The molecule has 0 spiro atoms. The summed E-state index contributed by atoms with van der Waals surface area (Å²) in [6, 6.07) is 14.0. The van der Waals surface area contributed by atoms with Crippen LogP contribution in [0, 0.1) is 5.92 Å². The number of piperazine rings is 1. The number of aryl methyl sites for hydroxylation is 1. The Hall–Kier alpha value is -3.68. The molecule has 1 aromatic carbocycles. The van der Waals surface area contributed by atoms with E-state index in [4.69, 9.17) is 4.74 Å². The van der Waals surface area contributed by atoms with Crippen LogP contribution in [-0.4, -0.2) is 65.0 Å². The zero-order chi connectivity index (χ0) is 24.0. The van der Waals surface area contributed by atoms with E-state index in [2.05, 4.69) is 43.8 Å². The van der Waals surface area contributed by atoms with Gasteiger partial charge in [0.05, 0.1) is 0 Å². The predicted molar refractivity (Wildman–Crippen MR) is 136 cm³/mol. The van der Waals surface area contributed by atoms with Crippen molar-refractivity contribution < 1.29 is 9.53 Å². The molecule has 8 heteroatoms. The van der Waals surface area contributed by atoms with Crippen LogP contribution in [0.15, 0.2) is 61.1 Å². The highest BCUT2D eigenvalue weighted by Gasteiger charge is 2.32. The summed E-state index contributed by atoms with van der Waals surface area (Å²) in [4.78, 5) is 33.1. The molecule has 2 aromatic heterocycles. The van der Waals surface area contributed by atoms with Crippen LogP contribution in [0.25, 0.3) is 0 Å². The molecular weight excluding hydrogens is 440 g/mol. The molecular formula is C27H32N6O2. The third-order valence-corrected chi connectivity index (χ3v) is 6.90. The highest BCUT2D eigenvalue weighted by atomic mass is 16.5. The van der Waals surface area contributed by atoms with Crippen molar-refractivity contribution in [3.05, 3.63) is 66.6 Å². The first-order chi connectivity index (χ1) is 17.2. The van der Waals surface area contributed by atoms with E-state index in [0.29, 0.717) is 5.88 Å². The Kier molecular flexibility index (Phi) is 7.07. The molecule has 0 aliphatic carbocycles. The molecule has 35 heavy (non-hydrogen) atoms. The van der Waals surface area contributed by atoms with Gasteiger partial charge >= 0.3 is 0 Å². The molecule has 5 rings (SSSR count). The molecule has 0 saturated carbocycles. The van der Waals surface area contributed by atoms with E-state index in [1.165, 1.54) is 5.56 Å². The minimum atomic E-state index is 0.0512. The van der Waals surface area contributed by atoms with Crippen LogP contribution in [0.2, 0.25) is 0 Å². The van der Waals surface area contributed by atoms with Crippen LogP contribution in [0.5, 0.6) is 11.6 Å². The van der Waals surface area contributed by atoms with E-state index in [0.717, 1.165) is 75.9 Å². The van der Waals surface area contributed by atoms with Crippen molar-refractivity contribution in [2.75, 3.05) is 49.1 Å². The molecule has 2 fully saturated rings. The van der Waals surface area contributed by atoms with Gasteiger partial charge in [0.2, 0.25) is 5.91 Å². The minimum absolute atomic E-state index is 0.0512. The van der Waals surface area contributed by atoms with Gasteiger partial charge in [-0.3, -0.25) is 4.79 Å². The largest absolute Gasteiger partial charge is 0.436 e. The average Bonchev–Trinajstić information content (AvgIpc) is 2.94. The second-order valence-corrected chi connectivity index (χ2v) is 9.05. The number of piperidine rings is 1. The van der Waals surface area contributed by atoms with Crippen LogP contribution >= 0.6 is 0 Å². The summed E-state index contributed by atoms with van der Waals surface area (Å²) in [5.41, 5.74) is 1.27. The number of amides is 1. The van der Waals surface area contributed by atoms with E-state index >= 15 is 0 Å². The second-order valence-electron chi connectivity index (χ2n) is 9.05. The second kappa shape index (κ2) is 10.7. The number of pyridine rings is 1. The summed E-state index contributed by atoms with van der Waals surface area (Å²) in [5.74, 6) is 3.30. The van der Waals surface area contributed by atoms with Gasteiger partial charge < -0.3 is 19.4 Å². The van der Waals surface area contributed by atoms with Crippen molar-refractivity contribution in [3.8, 4) is 11.6 Å². The van der Waals surface area contributed by atoms with E-state index in [1.54, 1.807) is 12.4 Å². The predicted octanol–water partition coefficient (Wildman–Crippen LogP) is 3.79. The number of hydrogen-bond acceptors (Lipinski definition) is 7. The fourth-order valence-corrected chi connectivity index (χ4v) is 4.80. The molecule has 2 saturated heterocycles. The van der Waals surface area contributed by atoms with E-state index in [9.17, 15) is 4.79 Å². The number of anilines is 2. The number of ether oxygens (including phenoxy) is 1. The van der Waals surface area contributed by atoms with E-state index in [1.807, 2.05) is 41.4 Å². The number of carbonyl (C=O) groups excluding carboxylic acids is 1. The number of nitrogens with zero attached hydrogens (tertiary/aromatic N) is 6. The fraction of sp³-hybridized carbons (Fsp3) is 0.407. The zero-order valence-corrected chi connectivity index (χ0v) is 20.2. The summed E-state index contributed by atoms with van der Waals surface area (Å²) in [7, 11) is 0. The highest BCUT2D eigenvalue weighted by molar-refractivity contribution is 5.79. The van der Waals surface area contributed by atoms with Crippen molar-refractivity contribution in [2.45, 2.75) is 26.2 Å².